The number of hydrazine groups is 1. The molecule has 218 valence electrons. The Bertz CT molecular complexity index is 2140. The minimum atomic E-state index is -0.0330. The van der Waals surface area contributed by atoms with Crippen LogP contribution in [-0.4, -0.2) is 27.1 Å². The normalized spacial score (nSPS) is 21.7. The summed E-state index contributed by atoms with van der Waals surface area (Å²) in [5.74, 6) is 0. The Morgan fingerprint density at radius 2 is 1.75 bits per heavy atom. The van der Waals surface area contributed by atoms with E-state index in [1.807, 2.05) is 23.7 Å². The maximum atomic E-state index is 5.01. The predicted molar refractivity (Wildman–Crippen MR) is 177 cm³/mol. The SMILES string of the molecule is CCC1C=C2c3cccc[n+]3C(CC)(CC)CC(C3c4ccc5sc6ccccc6c5c4-c4ccc5nccnc5[n+]43)N2N1. The molecule has 9 rings (SSSR count). The van der Waals surface area contributed by atoms with E-state index in [1.54, 1.807) is 0 Å². The molecule has 0 aliphatic carbocycles. The molecule has 7 heterocycles. The van der Waals surface area contributed by atoms with Gasteiger partial charge in [-0.25, -0.2) is 15.0 Å². The van der Waals surface area contributed by atoms with Crippen molar-refractivity contribution in [3.05, 3.63) is 103 Å². The van der Waals surface area contributed by atoms with Crippen LogP contribution >= 0.6 is 11.3 Å². The lowest BCUT2D eigenvalue weighted by Crippen LogP contribution is -2.60. The van der Waals surface area contributed by atoms with E-state index in [0.29, 0.717) is 0 Å². The second-order valence-corrected chi connectivity index (χ2v) is 13.6. The van der Waals surface area contributed by atoms with Gasteiger partial charge >= 0.3 is 5.65 Å². The van der Waals surface area contributed by atoms with Gasteiger partial charge in [-0.3, -0.25) is 5.01 Å². The van der Waals surface area contributed by atoms with Gasteiger partial charge in [0.2, 0.25) is 5.69 Å². The van der Waals surface area contributed by atoms with Crippen LogP contribution in [0.2, 0.25) is 0 Å². The van der Waals surface area contributed by atoms with E-state index in [4.69, 9.17) is 9.97 Å². The van der Waals surface area contributed by atoms with Crippen molar-refractivity contribution in [2.45, 2.75) is 70.1 Å². The zero-order chi connectivity index (χ0) is 29.6. The Morgan fingerprint density at radius 3 is 2.61 bits per heavy atom. The van der Waals surface area contributed by atoms with Crippen molar-refractivity contribution in [2.24, 2.45) is 0 Å². The van der Waals surface area contributed by atoms with Crippen molar-refractivity contribution in [1.82, 2.24) is 20.4 Å². The molecule has 2 aromatic carbocycles. The minimum absolute atomic E-state index is 0.0330. The van der Waals surface area contributed by atoms with Crippen LogP contribution < -0.4 is 14.6 Å². The Labute approximate surface area is 261 Å². The van der Waals surface area contributed by atoms with Gasteiger partial charge in [-0.05, 0) is 47.8 Å². The maximum Gasteiger partial charge on any atom is 0.349 e. The minimum Gasteiger partial charge on any atom is -0.294 e. The number of rotatable bonds is 4. The van der Waals surface area contributed by atoms with Crippen LogP contribution in [0.15, 0.2) is 91.4 Å². The highest BCUT2D eigenvalue weighted by Gasteiger charge is 2.54. The van der Waals surface area contributed by atoms with Crippen molar-refractivity contribution in [3.8, 4) is 11.3 Å². The topological polar surface area (TPSA) is 48.8 Å². The zero-order valence-electron chi connectivity index (χ0n) is 25.4. The highest BCUT2D eigenvalue weighted by atomic mass is 32.1. The third-order valence-corrected chi connectivity index (χ3v) is 11.8. The molecule has 0 radical (unpaired) electrons. The van der Waals surface area contributed by atoms with E-state index >= 15 is 0 Å². The molecule has 0 saturated heterocycles. The predicted octanol–water partition coefficient (Wildman–Crippen LogP) is 7.07. The molecule has 3 unspecified atom stereocenters. The summed E-state index contributed by atoms with van der Waals surface area (Å²) in [6, 6.07) is 25.3. The molecule has 6 nitrogen and oxygen atoms in total. The number of pyridine rings is 2. The standard InChI is InChI=1S/C37H36N6S/c1-4-23-21-29-27-12-9-10-20-41(27)37(5-2,6-3)22-30(43(29)40-23)35-25-14-17-32-34(24-11-7-8-13-31(24)44-32)33(25)28-16-15-26-36(42(28)35)39-19-18-38-26/h7-21,23,30,35,40H,4-6,22H2,1-3H3/q+2. The van der Waals surface area contributed by atoms with E-state index in [1.165, 1.54) is 48.4 Å². The summed E-state index contributed by atoms with van der Waals surface area (Å²) in [7, 11) is 0. The summed E-state index contributed by atoms with van der Waals surface area (Å²) in [4.78, 5) is 9.79. The molecule has 0 saturated carbocycles. The Morgan fingerprint density at radius 1 is 0.909 bits per heavy atom. The number of thiophene rings is 1. The molecule has 3 aliphatic rings. The average Bonchev–Trinajstić information content (AvgIpc) is 3.76. The van der Waals surface area contributed by atoms with Gasteiger partial charge in [0.25, 0.3) is 0 Å². The van der Waals surface area contributed by atoms with Crippen molar-refractivity contribution in [2.75, 3.05) is 0 Å². The van der Waals surface area contributed by atoms with Gasteiger partial charge < -0.3 is 0 Å². The zero-order valence-corrected chi connectivity index (χ0v) is 26.2. The fourth-order valence-electron chi connectivity index (χ4n) is 8.38. The molecule has 0 amide bonds. The highest BCUT2D eigenvalue weighted by molar-refractivity contribution is 7.25. The Hall–Kier alpha value is -4.20. The lowest BCUT2D eigenvalue weighted by Gasteiger charge is -2.36. The summed E-state index contributed by atoms with van der Waals surface area (Å²) in [5.41, 5.74) is 12.4. The fourth-order valence-corrected chi connectivity index (χ4v) is 9.49. The maximum absolute atomic E-state index is 5.01. The fraction of sp³-hybridized carbons (Fsp3) is 0.297. The number of hydrogen-bond donors (Lipinski definition) is 1. The average molecular weight is 597 g/mol. The van der Waals surface area contributed by atoms with Crippen molar-refractivity contribution in [3.63, 3.8) is 0 Å². The quantitative estimate of drug-likeness (QED) is 0.221. The van der Waals surface area contributed by atoms with E-state index in [2.05, 4.69) is 119 Å². The van der Waals surface area contributed by atoms with Crippen molar-refractivity contribution < 1.29 is 9.13 Å². The van der Waals surface area contributed by atoms with Crippen LogP contribution in [0.5, 0.6) is 0 Å². The molecule has 0 bridgehead atoms. The van der Waals surface area contributed by atoms with E-state index < -0.39 is 0 Å². The summed E-state index contributed by atoms with van der Waals surface area (Å²) in [6.45, 7) is 7.00. The third kappa shape index (κ3) is 3.45. The number of fused-ring (bicyclic) bond motifs is 12. The van der Waals surface area contributed by atoms with E-state index in [0.717, 1.165) is 36.8 Å². The first-order valence-electron chi connectivity index (χ1n) is 16.0. The van der Waals surface area contributed by atoms with Crippen molar-refractivity contribution in [1.29, 1.82) is 0 Å². The largest absolute Gasteiger partial charge is 0.349 e. The monoisotopic (exact) mass is 596 g/mol. The third-order valence-electron chi connectivity index (χ3n) is 10.6. The van der Waals surface area contributed by atoms with Gasteiger partial charge in [-0.1, -0.05) is 45.0 Å². The van der Waals surface area contributed by atoms with Gasteiger partial charge in [0.1, 0.15) is 17.4 Å². The smallest absolute Gasteiger partial charge is 0.294 e. The number of aromatic nitrogens is 4. The van der Waals surface area contributed by atoms with Crippen molar-refractivity contribution >= 4 is 48.4 Å². The lowest BCUT2D eigenvalue weighted by atomic mass is 9.81. The first kappa shape index (κ1) is 26.2. The lowest BCUT2D eigenvalue weighted by molar-refractivity contribution is -0.769. The van der Waals surface area contributed by atoms with Crippen LogP contribution in [0.1, 0.15) is 63.8 Å². The molecule has 7 heteroatoms. The molecule has 1 N–H and O–H groups in total. The number of nitrogens with one attached hydrogen (secondary N) is 1. The molecule has 44 heavy (non-hydrogen) atoms. The number of nitrogens with zero attached hydrogens (tertiary/aromatic N) is 5. The molecule has 3 aliphatic heterocycles. The van der Waals surface area contributed by atoms with Gasteiger partial charge in [0.05, 0.1) is 12.2 Å². The first-order valence-corrected chi connectivity index (χ1v) is 16.9. The molecule has 0 fully saturated rings. The highest BCUT2D eigenvalue weighted by Crippen LogP contribution is 2.49. The van der Waals surface area contributed by atoms with Crippen LogP contribution in [-0.2, 0) is 5.54 Å². The van der Waals surface area contributed by atoms with Crippen LogP contribution in [0.3, 0.4) is 0 Å². The van der Waals surface area contributed by atoms with Gasteiger partial charge in [0.15, 0.2) is 23.4 Å². The molecule has 4 aromatic heterocycles. The Balaban J connectivity index is 1.37. The molecular formula is C37H36N6S+2. The van der Waals surface area contributed by atoms with Gasteiger partial charge in [0, 0.05) is 68.7 Å². The summed E-state index contributed by atoms with van der Waals surface area (Å²) < 4.78 is 7.79. The second-order valence-electron chi connectivity index (χ2n) is 12.5. The van der Waals surface area contributed by atoms with E-state index in [9.17, 15) is 0 Å². The second kappa shape index (κ2) is 9.65. The molecule has 3 atom stereocenters. The van der Waals surface area contributed by atoms with Gasteiger partial charge in [-0.15, -0.1) is 11.3 Å². The van der Waals surface area contributed by atoms with Crippen LogP contribution in [0, 0.1) is 0 Å². The first-order chi connectivity index (χ1) is 21.7. The Kier molecular flexibility index (Phi) is 5.75. The summed E-state index contributed by atoms with van der Waals surface area (Å²) in [5, 5.41) is 5.24. The molecule has 0 spiro atoms. The molecule has 6 aromatic rings. The summed E-state index contributed by atoms with van der Waals surface area (Å²) >= 11 is 1.89. The number of hydrogen-bond acceptors (Lipinski definition) is 5. The van der Waals surface area contributed by atoms with Crippen LogP contribution in [0.25, 0.3) is 48.3 Å². The van der Waals surface area contributed by atoms with E-state index in [-0.39, 0.29) is 23.7 Å². The summed E-state index contributed by atoms with van der Waals surface area (Å²) in [6.07, 6.45) is 12.6. The number of benzene rings is 2. The van der Waals surface area contributed by atoms with Gasteiger partial charge in [-0.2, -0.15) is 4.57 Å². The molecular weight excluding hydrogens is 561 g/mol. The van der Waals surface area contributed by atoms with Crippen LogP contribution in [0.4, 0.5) is 0 Å².